The van der Waals surface area contributed by atoms with Crippen molar-refractivity contribution in [3.63, 3.8) is 0 Å². The third-order valence-corrected chi connectivity index (χ3v) is 35.0. The summed E-state index contributed by atoms with van der Waals surface area (Å²) in [6.45, 7) is -3.46. The number of aliphatic hydroxyl groups is 1. The van der Waals surface area contributed by atoms with E-state index in [1.165, 1.54) is 49.6 Å². The van der Waals surface area contributed by atoms with Gasteiger partial charge in [0.1, 0.15) is 29.8 Å². The minimum Gasteiger partial charge on any atom is -0.743 e. The van der Waals surface area contributed by atoms with Gasteiger partial charge in [-0.15, -0.1) is 0 Å². The van der Waals surface area contributed by atoms with Crippen molar-refractivity contribution >= 4 is 188 Å². The van der Waals surface area contributed by atoms with Crippen LogP contribution in [0.2, 0.25) is 0 Å². The number of methoxy groups -OCH3 is 1. The number of hydrogen-bond donors (Lipinski definition) is 2. The first-order valence-corrected chi connectivity index (χ1v) is 51.0. The average molecular weight is 2280 g/mol. The number of fused-ring (bicyclic) bond motifs is 1. The van der Waals surface area contributed by atoms with Crippen molar-refractivity contribution in [3.05, 3.63) is 214 Å². The SMILES string of the molecule is COC(=O)c1c(I)cc(I)cc1OC(=O)CS(=O)(=O)c1ccc([S+](c2ccccc2)c2ccccc2)cc1.O=C(CS(=O)(=O)c1ccc([S+](c2ccccc2)c2ccccc2)cc1)Oc1c(I)cc(O)cc1I.O=C(OCC(F)(F)S(=O)(=O)[O-])C12CC3CC(CC(O)(C3)C1)C2.O=C1OCC2OC3(OC12)C1CC2CC3CC(C(=O)OCC(F)(F)S(=O)(=O)[O-])(C2)C1. The van der Waals surface area contributed by atoms with Gasteiger partial charge in [0.15, 0.2) is 112 Å². The molecule has 18 rings (SSSR count). The molecule has 8 bridgehead atoms. The maximum Gasteiger partial charge on any atom is 0.367 e. The Morgan fingerprint density at radius 2 is 0.919 bits per heavy atom. The Kier molecular flexibility index (Phi) is 28.9. The van der Waals surface area contributed by atoms with Crippen LogP contribution in [0.4, 0.5) is 17.6 Å². The molecular weight excluding hydrogens is 2200 g/mol. The molecule has 10 fully saturated rings. The molecule has 1 spiro atoms. The van der Waals surface area contributed by atoms with Gasteiger partial charge in [-0.1, -0.05) is 72.8 Å². The van der Waals surface area contributed by atoms with E-state index in [0.717, 1.165) is 35.8 Å². The van der Waals surface area contributed by atoms with Gasteiger partial charge in [0, 0.05) is 19.0 Å². The number of esters is 6. The second kappa shape index (κ2) is 37.8. The van der Waals surface area contributed by atoms with E-state index < -0.39 is 167 Å². The summed E-state index contributed by atoms with van der Waals surface area (Å²) in [5.74, 6) is -7.31. The Labute approximate surface area is 771 Å². The molecule has 2 saturated heterocycles. The number of alkyl halides is 4. The molecule has 0 radical (unpaired) electrons. The Bertz CT molecular complexity index is 5730. The number of phenolic OH excluding ortho intramolecular Hbond substituents is 1. The largest absolute Gasteiger partial charge is 0.743 e. The molecule has 0 aromatic heterocycles. The Morgan fingerprint density at radius 1 is 0.516 bits per heavy atom. The highest BCUT2D eigenvalue weighted by atomic mass is 127. The van der Waals surface area contributed by atoms with E-state index >= 15 is 0 Å². The predicted molar refractivity (Wildman–Crippen MR) is 468 cm³/mol. The lowest BCUT2D eigenvalue weighted by atomic mass is 9.47. The molecule has 10 aliphatic rings. The van der Waals surface area contributed by atoms with Gasteiger partial charge < -0.3 is 57.2 Å². The first kappa shape index (κ1) is 94.9. The number of halogens is 8. The molecule has 6 unspecified atom stereocenters. The Balaban J connectivity index is 0.000000144. The van der Waals surface area contributed by atoms with Crippen LogP contribution in [0.25, 0.3) is 0 Å². The predicted octanol–water partition coefficient (Wildman–Crippen LogP) is 13.8. The lowest BCUT2D eigenvalue weighted by molar-refractivity contribution is -0.314. The maximum absolute atomic E-state index is 13.4. The highest BCUT2D eigenvalue weighted by Gasteiger charge is 2.71. The van der Waals surface area contributed by atoms with Crippen LogP contribution in [-0.4, -0.2) is 161 Å². The van der Waals surface area contributed by atoms with Crippen LogP contribution in [0, 0.1) is 54.7 Å². The zero-order chi connectivity index (χ0) is 89.5. The molecule has 2 aliphatic heterocycles. The minimum absolute atomic E-state index is 0.00767. The maximum atomic E-state index is 13.4. The van der Waals surface area contributed by atoms with E-state index in [9.17, 15) is 99.3 Å². The van der Waals surface area contributed by atoms with Gasteiger partial charge in [-0.05, 0) is 300 Å². The molecule has 660 valence electrons. The number of ether oxygens (including phenoxy) is 8. The molecule has 40 heteroatoms. The van der Waals surface area contributed by atoms with E-state index in [0.29, 0.717) is 59.2 Å². The van der Waals surface area contributed by atoms with Gasteiger partial charge in [0.2, 0.25) is 0 Å². The fourth-order valence-electron chi connectivity index (χ4n) is 17.9. The molecule has 6 atom stereocenters. The fraction of sp³-hybridized carbons (Fsp3) is 0.357. The number of carbonyl (C=O) groups is 6. The topological polar surface area (TPSA) is 399 Å². The first-order chi connectivity index (χ1) is 58.3. The summed E-state index contributed by atoms with van der Waals surface area (Å²) in [5, 5.41) is 10.8. The molecule has 2 heterocycles. The average Bonchev–Trinajstić information content (AvgIpc) is 1.39. The molecule has 124 heavy (non-hydrogen) atoms. The van der Waals surface area contributed by atoms with Crippen molar-refractivity contribution in [2.45, 2.75) is 144 Å². The third-order valence-electron chi connectivity index (χ3n) is 22.5. The van der Waals surface area contributed by atoms with E-state index in [-0.39, 0.29) is 88.1 Å². The summed E-state index contributed by atoms with van der Waals surface area (Å²) < 4.78 is 212. The van der Waals surface area contributed by atoms with E-state index in [4.69, 9.17) is 28.4 Å². The smallest absolute Gasteiger partial charge is 0.367 e. The van der Waals surface area contributed by atoms with Crippen molar-refractivity contribution < 1.29 is 137 Å². The van der Waals surface area contributed by atoms with Crippen LogP contribution < -0.4 is 9.47 Å². The lowest BCUT2D eigenvalue weighted by Crippen LogP contribution is -2.64. The number of sulfone groups is 2. The lowest BCUT2D eigenvalue weighted by Gasteiger charge is -2.61. The van der Waals surface area contributed by atoms with Crippen LogP contribution in [0.15, 0.2) is 233 Å². The Hall–Kier alpha value is -6.68. The molecule has 8 aromatic carbocycles. The van der Waals surface area contributed by atoms with Gasteiger partial charge >= 0.3 is 46.3 Å². The number of cyclic esters (lactones) is 1. The molecule has 26 nitrogen and oxygen atoms in total. The van der Waals surface area contributed by atoms with Crippen molar-refractivity contribution in [2.75, 3.05) is 38.4 Å². The van der Waals surface area contributed by atoms with Crippen LogP contribution >= 0.6 is 90.4 Å². The van der Waals surface area contributed by atoms with Gasteiger partial charge in [0.25, 0.3) is 0 Å². The summed E-state index contributed by atoms with van der Waals surface area (Å²) in [7, 11) is -19.3. The number of carbonyl (C=O) groups excluding carboxylic acids is 6. The molecule has 2 N–H and O–H groups in total. The van der Waals surface area contributed by atoms with Crippen LogP contribution in [-0.2, 0) is 114 Å². The zero-order valence-electron chi connectivity index (χ0n) is 65.0. The summed E-state index contributed by atoms with van der Waals surface area (Å²) in [4.78, 5) is 80.6. The summed E-state index contributed by atoms with van der Waals surface area (Å²) in [6.07, 6.45) is 4.29. The minimum atomic E-state index is -5.93. The fourth-order valence-corrected chi connectivity index (χ4v) is 28.6. The van der Waals surface area contributed by atoms with E-state index in [1.807, 2.05) is 187 Å². The van der Waals surface area contributed by atoms with Gasteiger partial charge in [-0.25, -0.2) is 43.3 Å². The number of phenols is 1. The zero-order valence-corrected chi connectivity index (χ0v) is 78.5. The van der Waals surface area contributed by atoms with Crippen LogP contribution in [0.5, 0.6) is 17.2 Å². The summed E-state index contributed by atoms with van der Waals surface area (Å²) in [5.41, 5.74) is -2.97. The monoisotopic (exact) mass is 2280 g/mol. The summed E-state index contributed by atoms with van der Waals surface area (Å²) >= 11 is 7.80. The highest BCUT2D eigenvalue weighted by molar-refractivity contribution is 14.1. The van der Waals surface area contributed by atoms with Crippen molar-refractivity contribution in [1.29, 1.82) is 0 Å². The molecule has 8 saturated carbocycles. The number of aromatic hydroxyl groups is 1. The van der Waals surface area contributed by atoms with Gasteiger partial charge in [-0.3, -0.25) is 19.2 Å². The van der Waals surface area contributed by atoms with E-state index in [2.05, 4.69) is 33.7 Å². The van der Waals surface area contributed by atoms with Crippen molar-refractivity contribution in [2.24, 2.45) is 40.4 Å². The summed E-state index contributed by atoms with van der Waals surface area (Å²) in [6, 6.07) is 59.4. The second-order valence-corrected chi connectivity index (χ2v) is 47.0. The number of benzene rings is 8. The van der Waals surface area contributed by atoms with Gasteiger partial charge in [0.05, 0.1) is 62.3 Å². The number of hydrogen-bond acceptors (Lipinski definition) is 26. The first-order valence-electron chi connectivity index (χ1n) is 38.1. The molecule has 0 amide bonds. The quantitative estimate of drug-likeness (QED) is 0.0114. The Morgan fingerprint density at radius 3 is 1.32 bits per heavy atom. The highest BCUT2D eigenvalue weighted by Crippen LogP contribution is 2.68. The third kappa shape index (κ3) is 21.1. The van der Waals surface area contributed by atoms with Gasteiger partial charge in [-0.2, -0.15) is 17.6 Å². The molecular formula is C84H76F4I4O26S6. The van der Waals surface area contributed by atoms with E-state index in [1.54, 1.807) is 30.3 Å². The number of rotatable bonds is 23. The van der Waals surface area contributed by atoms with Crippen LogP contribution in [0.1, 0.15) is 81.0 Å². The molecule has 8 aromatic rings. The standard InChI is InChI=1S/C28H21I2O6S2.C26H18I2O5S2.C17H20F2O9S.C13H18F2O6S/c1-35-28(32)27-24(30)16-19(29)17-25(27)36-26(31)18-38(33,34)23-14-12-22(13-15-23)37(20-8-4-2-5-9-20)21-10-6-3-7-11-21;27-23-15-18(29)16-24(28)26(23)33-25(30)17-35(31,32)22-13-11-21(12-14-22)34(19-7-3-1-4-8-19)20-9-5-2-6-10-20;18-16(19,29(22,23)24)7-26-14(21)15-3-8-1-9(4-15)17(10(2-8)5-15)27-11-6-25-13(20)12(11)28-17;14-13(15,22(18,19)20)7-21-10(16)11-2-8-1-9(3-11)5-12(17,4-8)6-11/h2-17H,18H2,1H3;1-16H,17H2;8-12H,1-7H2,(H,22,23,24);8-9,17H,1-7H2,(H,18,19,20)/q+1;;;/p-1. The van der Waals surface area contributed by atoms with Crippen molar-refractivity contribution in [3.8, 4) is 17.2 Å². The second-order valence-electron chi connectivity index (χ2n) is 31.2. The van der Waals surface area contributed by atoms with Crippen LogP contribution in [0.3, 0.4) is 0 Å². The van der Waals surface area contributed by atoms with Crippen molar-refractivity contribution in [1.82, 2.24) is 0 Å². The normalized spacial score (nSPS) is 24.5. The molecule has 8 aliphatic carbocycles.